The Morgan fingerprint density at radius 1 is 1.23 bits per heavy atom. The fourth-order valence-electron chi connectivity index (χ4n) is 4.47. The number of halogens is 1. The van der Waals surface area contributed by atoms with Crippen LogP contribution in [0.1, 0.15) is 48.8 Å². The number of anilines is 1. The van der Waals surface area contributed by atoms with Crippen molar-refractivity contribution in [3.05, 3.63) is 74.4 Å². The van der Waals surface area contributed by atoms with Gasteiger partial charge in [0.15, 0.2) is 6.61 Å². The van der Waals surface area contributed by atoms with E-state index in [9.17, 15) is 19.7 Å². The molecule has 0 fully saturated rings. The molecule has 1 aliphatic carbocycles. The van der Waals surface area contributed by atoms with Crippen LogP contribution in [0.5, 0.6) is 0 Å². The lowest BCUT2D eigenvalue weighted by Crippen LogP contribution is -2.29. The number of hydrogen-bond acceptors (Lipinski definition) is 6. The van der Waals surface area contributed by atoms with Crippen molar-refractivity contribution in [2.75, 3.05) is 11.9 Å². The molecule has 1 aromatic heterocycles. The molecule has 1 atom stereocenters. The van der Waals surface area contributed by atoms with E-state index >= 15 is 0 Å². The third-order valence-electron chi connectivity index (χ3n) is 6.46. The number of nitro groups is 1. The van der Waals surface area contributed by atoms with Gasteiger partial charge in [-0.3, -0.25) is 19.9 Å². The van der Waals surface area contributed by atoms with Crippen LogP contribution in [-0.2, 0) is 22.4 Å². The second-order valence-corrected chi connectivity index (χ2v) is 10.2. The van der Waals surface area contributed by atoms with Crippen LogP contribution in [0.2, 0.25) is 5.02 Å². The lowest BCUT2D eigenvalue weighted by atomic mass is 9.70. The number of non-ortho nitro benzene ring substituents is 1. The van der Waals surface area contributed by atoms with Gasteiger partial charge in [-0.1, -0.05) is 50.6 Å². The van der Waals surface area contributed by atoms with E-state index in [2.05, 4.69) is 26.1 Å². The zero-order valence-electron chi connectivity index (χ0n) is 19.8. The standard InChI is InChI=1S/C26H26ClN3O5/c1-26(2,3)15-8-10-21-18(12-15)24(17-6-4-5-7-20(17)28-21)25(32)35-14-23(31)29-22-11-9-16(30(33)34)13-19(22)27/h4-7,9,11,13,15H,8,10,12,14H2,1-3H3,(H,29,31)/t15-/m0/s1. The van der Waals surface area contributed by atoms with E-state index in [4.69, 9.17) is 21.3 Å². The molecule has 182 valence electrons. The molecular formula is C26H26ClN3O5. The predicted molar refractivity (Wildman–Crippen MR) is 134 cm³/mol. The van der Waals surface area contributed by atoms with Gasteiger partial charge >= 0.3 is 5.97 Å². The number of nitrogens with one attached hydrogen (secondary N) is 1. The number of rotatable bonds is 5. The molecule has 1 amide bonds. The largest absolute Gasteiger partial charge is 0.452 e. The number of fused-ring (bicyclic) bond motifs is 2. The number of carbonyl (C=O) groups excluding carboxylic acids is 2. The molecule has 0 spiro atoms. The Kier molecular flexibility index (Phi) is 6.76. The van der Waals surface area contributed by atoms with Gasteiger partial charge in [0.05, 0.1) is 26.7 Å². The summed E-state index contributed by atoms with van der Waals surface area (Å²) in [6.45, 7) is 6.06. The molecule has 4 rings (SSSR count). The number of ether oxygens (including phenoxy) is 1. The lowest BCUT2D eigenvalue weighted by molar-refractivity contribution is -0.384. The molecule has 35 heavy (non-hydrogen) atoms. The van der Waals surface area contributed by atoms with Crippen LogP contribution < -0.4 is 5.32 Å². The van der Waals surface area contributed by atoms with E-state index in [0.717, 1.165) is 35.7 Å². The van der Waals surface area contributed by atoms with E-state index in [-0.39, 0.29) is 21.8 Å². The number of para-hydroxylation sites is 1. The summed E-state index contributed by atoms with van der Waals surface area (Å²) in [5.41, 5.74) is 3.04. The Balaban J connectivity index is 1.56. The SMILES string of the molecule is CC(C)(C)[C@H]1CCc2nc3ccccc3c(C(=O)OCC(=O)Nc3ccc([N+](=O)[O-])cc3Cl)c2C1. The Bertz CT molecular complexity index is 1330. The highest BCUT2D eigenvalue weighted by Crippen LogP contribution is 2.39. The maximum atomic E-state index is 13.3. The van der Waals surface area contributed by atoms with Gasteiger partial charge in [-0.2, -0.15) is 0 Å². The topological polar surface area (TPSA) is 111 Å². The minimum Gasteiger partial charge on any atom is -0.452 e. The number of nitrogens with zero attached hydrogens (tertiary/aromatic N) is 2. The Labute approximate surface area is 207 Å². The highest BCUT2D eigenvalue weighted by molar-refractivity contribution is 6.34. The van der Waals surface area contributed by atoms with Gasteiger partial charge in [-0.15, -0.1) is 0 Å². The van der Waals surface area contributed by atoms with Crippen LogP contribution in [0.25, 0.3) is 10.9 Å². The minimum atomic E-state index is -0.603. The summed E-state index contributed by atoms with van der Waals surface area (Å²) in [5, 5.41) is 14.1. The molecule has 0 aliphatic heterocycles. The van der Waals surface area contributed by atoms with E-state index < -0.39 is 23.4 Å². The third-order valence-corrected chi connectivity index (χ3v) is 6.77. The molecule has 1 heterocycles. The fraction of sp³-hybridized carbons (Fsp3) is 0.346. The zero-order valence-corrected chi connectivity index (χ0v) is 20.5. The molecule has 0 radical (unpaired) electrons. The third kappa shape index (κ3) is 5.27. The van der Waals surface area contributed by atoms with Crippen LogP contribution in [0, 0.1) is 21.4 Å². The minimum absolute atomic E-state index is 0.0151. The Hall–Kier alpha value is -3.52. The maximum absolute atomic E-state index is 13.3. The number of benzene rings is 2. The van der Waals surface area contributed by atoms with Crippen LogP contribution >= 0.6 is 11.6 Å². The van der Waals surface area contributed by atoms with E-state index in [1.807, 2.05) is 24.3 Å². The monoisotopic (exact) mass is 495 g/mol. The highest BCUT2D eigenvalue weighted by atomic mass is 35.5. The average Bonchev–Trinajstić information content (AvgIpc) is 2.81. The summed E-state index contributed by atoms with van der Waals surface area (Å²) >= 11 is 6.04. The van der Waals surface area contributed by atoms with Crippen molar-refractivity contribution in [2.24, 2.45) is 11.3 Å². The van der Waals surface area contributed by atoms with Gasteiger partial charge in [-0.05, 0) is 48.3 Å². The van der Waals surface area contributed by atoms with Gasteiger partial charge < -0.3 is 10.1 Å². The van der Waals surface area contributed by atoms with Crippen molar-refractivity contribution in [3.8, 4) is 0 Å². The molecule has 0 unspecified atom stereocenters. The van der Waals surface area contributed by atoms with Gasteiger partial charge in [0.1, 0.15) is 0 Å². The number of pyridine rings is 1. The van der Waals surface area contributed by atoms with Crippen molar-refractivity contribution >= 4 is 45.8 Å². The molecular weight excluding hydrogens is 470 g/mol. The van der Waals surface area contributed by atoms with Gasteiger partial charge in [0.25, 0.3) is 11.6 Å². The van der Waals surface area contributed by atoms with Crippen LogP contribution in [-0.4, -0.2) is 28.4 Å². The summed E-state index contributed by atoms with van der Waals surface area (Å²) in [4.78, 5) is 40.9. The smallest absolute Gasteiger partial charge is 0.339 e. The summed E-state index contributed by atoms with van der Waals surface area (Å²) in [5.74, 6) is -0.801. The summed E-state index contributed by atoms with van der Waals surface area (Å²) < 4.78 is 5.43. The number of nitro benzene ring substituents is 1. The zero-order chi connectivity index (χ0) is 25.3. The molecule has 3 aromatic rings. The van der Waals surface area contributed by atoms with Crippen molar-refractivity contribution in [1.82, 2.24) is 4.98 Å². The summed E-state index contributed by atoms with van der Waals surface area (Å²) in [6, 6.07) is 11.1. The van der Waals surface area contributed by atoms with Crippen molar-refractivity contribution in [1.29, 1.82) is 0 Å². The van der Waals surface area contributed by atoms with Gasteiger partial charge in [-0.25, -0.2) is 4.79 Å². The molecule has 9 heteroatoms. The average molecular weight is 496 g/mol. The van der Waals surface area contributed by atoms with Gasteiger partial charge in [0.2, 0.25) is 0 Å². The molecule has 2 aromatic carbocycles. The summed E-state index contributed by atoms with van der Waals surface area (Å²) in [6.07, 6.45) is 2.49. The van der Waals surface area contributed by atoms with Crippen LogP contribution in [0.4, 0.5) is 11.4 Å². The first-order valence-corrected chi connectivity index (χ1v) is 11.7. The number of aromatic nitrogens is 1. The second-order valence-electron chi connectivity index (χ2n) is 9.78. The molecule has 1 aliphatic rings. The normalized spacial score (nSPS) is 15.4. The summed E-state index contributed by atoms with van der Waals surface area (Å²) in [7, 11) is 0. The first-order chi connectivity index (χ1) is 16.5. The number of esters is 1. The number of carbonyl (C=O) groups is 2. The Morgan fingerprint density at radius 2 is 1.97 bits per heavy atom. The van der Waals surface area contributed by atoms with Crippen LogP contribution in [0.15, 0.2) is 42.5 Å². The number of amides is 1. The lowest BCUT2D eigenvalue weighted by Gasteiger charge is -2.35. The van der Waals surface area contributed by atoms with Crippen LogP contribution in [0.3, 0.4) is 0 Å². The van der Waals surface area contributed by atoms with E-state index in [1.54, 1.807) is 0 Å². The molecule has 0 bridgehead atoms. The maximum Gasteiger partial charge on any atom is 0.339 e. The molecule has 0 saturated carbocycles. The van der Waals surface area contributed by atoms with Crippen molar-refractivity contribution < 1.29 is 19.2 Å². The second kappa shape index (κ2) is 9.62. The molecule has 1 N–H and O–H groups in total. The highest BCUT2D eigenvalue weighted by Gasteiger charge is 2.33. The molecule has 0 saturated heterocycles. The predicted octanol–water partition coefficient (Wildman–Crippen LogP) is 5.74. The van der Waals surface area contributed by atoms with Crippen molar-refractivity contribution in [3.63, 3.8) is 0 Å². The molecule has 8 nitrogen and oxygen atoms in total. The van der Waals surface area contributed by atoms with Crippen molar-refractivity contribution in [2.45, 2.75) is 40.0 Å². The number of aryl methyl sites for hydroxylation is 1. The Morgan fingerprint density at radius 3 is 2.66 bits per heavy atom. The first-order valence-electron chi connectivity index (χ1n) is 11.4. The van der Waals surface area contributed by atoms with E-state index in [1.165, 1.54) is 12.1 Å². The first kappa shape index (κ1) is 24.6. The van der Waals surface area contributed by atoms with Gasteiger partial charge in [0, 0.05) is 23.2 Å². The van der Waals surface area contributed by atoms with E-state index in [0.29, 0.717) is 23.3 Å². The quantitative estimate of drug-likeness (QED) is 0.274. The number of hydrogen-bond donors (Lipinski definition) is 1. The fourth-order valence-corrected chi connectivity index (χ4v) is 4.69.